The van der Waals surface area contributed by atoms with Crippen molar-refractivity contribution in [2.75, 3.05) is 0 Å². The molecular formula is C21H26N6O3. The predicted octanol–water partition coefficient (Wildman–Crippen LogP) is 4.13. The van der Waals surface area contributed by atoms with E-state index in [0.717, 1.165) is 18.4 Å². The molecule has 3 rings (SSSR count). The summed E-state index contributed by atoms with van der Waals surface area (Å²) in [4.78, 5) is 29.3. The average Bonchev–Trinajstić information content (AvgIpc) is 3.27. The van der Waals surface area contributed by atoms with Crippen LogP contribution in [0.4, 0.5) is 10.5 Å². The van der Waals surface area contributed by atoms with Gasteiger partial charge in [0.15, 0.2) is 0 Å². The number of hydrogen-bond donors (Lipinski definition) is 2. The maximum absolute atomic E-state index is 13.1. The Morgan fingerprint density at radius 3 is 2.63 bits per heavy atom. The SMILES string of the molecule is CC(C)(C)[C@@]12CC[C@@H](C1)[C@@H](C(=O)N[C@H](C#N)Cc1ccc(N=[N+]=[N-])cc1)N2C(=O)O. The van der Waals surface area contributed by atoms with E-state index in [0.29, 0.717) is 12.1 Å². The van der Waals surface area contributed by atoms with Crippen molar-refractivity contribution in [2.45, 2.75) is 64.1 Å². The number of nitrogens with one attached hydrogen (secondary N) is 1. The van der Waals surface area contributed by atoms with Crippen LogP contribution in [0, 0.1) is 22.7 Å². The van der Waals surface area contributed by atoms with E-state index in [1.165, 1.54) is 4.90 Å². The molecule has 158 valence electrons. The van der Waals surface area contributed by atoms with Crippen LogP contribution in [0.15, 0.2) is 29.4 Å². The van der Waals surface area contributed by atoms with Crippen molar-refractivity contribution < 1.29 is 14.7 Å². The van der Waals surface area contributed by atoms with Gasteiger partial charge in [0.25, 0.3) is 0 Å². The first-order valence-electron chi connectivity index (χ1n) is 9.99. The second-order valence-electron chi connectivity index (χ2n) is 9.13. The fourth-order valence-electron chi connectivity index (χ4n) is 5.08. The first-order chi connectivity index (χ1) is 14.1. The highest BCUT2D eigenvalue weighted by molar-refractivity contribution is 5.87. The van der Waals surface area contributed by atoms with E-state index in [1.807, 2.05) is 20.8 Å². The van der Waals surface area contributed by atoms with Gasteiger partial charge in [-0.2, -0.15) is 5.26 Å². The van der Waals surface area contributed by atoms with E-state index >= 15 is 0 Å². The molecule has 2 fully saturated rings. The van der Waals surface area contributed by atoms with Crippen LogP contribution in [-0.4, -0.2) is 39.6 Å². The third kappa shape index (κ3) is 3.66. The fourth-order valence-corrected chi connectivity index (χ4v) is 5.08. The molecule has 9 nitrogen and oxygen atoms in total. The monoisotopic (exact) mass is 410 g/mol. The molecule has 9 heteroatoms. The molecule has 1 saturated heterocycles. The lowest BCUT2D eigenvalue weighted by Gasteiger charge is -2.48. The van der Waals surface area contributed by atoms with Gasteiger partial charge in [0.2, 0.25) is 5.91 Å². The number of azide groups is 1. The Balaban J connectivity index is 1.76. The zero-order valence-electron chi connectivity index (χ0n) is 17.4. The molecule has 1 aliphatic carbocycles. The van der Waals surface area contributed by atoms with Crippen molar-refractivity contribution in [3.63, 3.8) is 0 Å². The highest BCUT2D eigenvalue weighted by Crippen LogP contribution is 2.57. The summed E-state index contributed by atoms with van der Waals surface area (Å²) in [5.41, 5.74) is 8.87. The third-order valence-corrected chi connectivity index (χ3v) is 6.59. The van der Waals surface area contributed by atoms with Gasteiger partial charge >= 0.3 is 6.09 Å². The van der Waals surface area contributed by atoms with Gasteiger partial charge < -0.3 is 10.4 Å². The molecule has 4 atom stereocenters. The van der Waals surface area contributed by atoms with E-state index in [1.54, 1.807) is 24.3 Å². The molecule has 1 aromatic rings. The number of likely N-dealkylation sites (tertiary alicyclic amines) is 1. The lowest BCUT2D eigenvalue weighted by molar-refractivity contribution is -0.130. The summed E-state index contributed by atoms with van der Waals surface area (Å²) in [6.07, 6.45) is 1.40. The zero-order chi connectivity index (χ0) is 22.1. The molecule has 30 heavy (non-hydrogen) atoms. The van der Waals surface area contributed by atoms with E-state index in [2.05, 4.69) is 21.4 Å². The maximum Gasteiger partial charge on any atom is 0.408 e. The van der Waals surface area contributed by atoms with Gasteiger partial charge in [0, 0.05) is 17.0 Å². The van der Waals surface area contributed by atoms with Crippen LogP contribution in [0.2, 0.25) is 0 Å². The summed E-state index contributed by atoms with van der Waals surface area (Å²) in [6, 6.07) is 7.27. The van der Waals surface area contributed by atoms with Crippen molar-refractivity contribution in [3.8, 4) is 6.07 Å². The molecule has 1 heterocycles. The number of nitriles is 1. The Hall–Kier alpha value is -3.24. The first kappa shape index (κ1) is 21.5. The summed E-state index contributed by atoms with van der Waals surface area (Å²) in [5, 5.41) is 25.7. The molecule has 2 amide bonds. The van der Waals surface area contributed by atoms with Gasteiger partial charge in [-0.05, 0) is 41.7 Å². The lowest BCUT2D eigenvalue weighted by atomic mass is 9.72. The highest BCUT2D eigenvalue weighted by Gasteiger charge is 2.64. The lowest BCUT2D eigenvalue weighted by Crippen LogP contribution is -2.62. The molecule has 0 radical (unpaired) electrons. The average molecular weight is 410 g/mol. The molecule has 2 aliphatic rings. The van der Waals surface area contributed by atoms with E-state index in [-0.39, 0.29) is 17.8 Å². The number of carboxylic acid groups (broad SMARTS) is 1. The number of benzene rings is 1. The van der Waals surface area contributed by atoms with Crippen molar-refractivity contribution in [1.29, 1.82) is 5.26 Å². The van der Waals surface area contributed by atoms with Crippen molar-refractivity contribution in [1.82, 2.24) is 10.2 Å². The Morgan fingerprint density at radius 2 is 2.10 bits per heavy atom. The quantitative estimate of drug-likeness (QED) is 0.427. The summed E-state index contributed by atoms with van der Waals surface area (Å²) < 4.78 is 0. The minimum Gasteiger partial charge on any atom is -0.465 e. The second kappa shape index (κ2) is 7.88. The number of carbonyl (C=O) groups excluding carboxylic acids is 1. The summed E-state index contributed by atoms with van der Waals surface area (Å²) in [6.45, 7) is 6.05. The number of hydrogen-bond acceptors (Lipinski definition) is 4. The zero-order valence-corrected chi connectivity index (χ0v) is 17.4. The molecule has 2 N–H and O–H groups in total. The summed E-state index contributed by atoms with van der Waals surface area (Å²) in [7, 11) is 0. The molecule has 0 unspecified atom stereocenters. The number of carbonyl (C=O) groups is 2. The Morgan fingerprint density at radius 1 is 1.43 bits per heavy atom. The standard InChI is InChI=1S/C21H26N6O3/c1-20(2,3)21-9-8-14(11-21)17(27(21)19(29)30)18(28)24-16(12-22)10-13-4-6-15(7-5-13)25-26-23/h4-7,14,16-17H,8-11H2,1-3H3,(H,24,28)(H,29,30)/t14-,16-,17-,21+/m0/s1. The fraction of sp³-hybridized carbons (Fsp3) is 0.571. The second-order valence-corrected chi connectivity index (χ2v) is 9.13. The van der Waals surface area contributed by atoms with Crippen molar-refractivity contribution >= 4 is 17.7 Å². The highest BCUT2D eigenvalue weighted by atomic mass is 16.4. The maximum atomic E-state index is 13.1. The molecule has 0 spiro atoms. The third-order valence-electron chi connectivity index (χ3n) is 6.59. The molecule has 1 aromatic carbocycles. The van der Waals surface area contributed by atoms with Crippen LogP contribution < -0.4 is 5.32 Å². The minimum atomic E-state index is -1.09. The molecule has 0 aromatic heterocycles. The van der Waals surface area contributed by atoms with Gasteiger partial charge in [0.1, 0.15) is 12.1 Å². The molecular weight excluding hydrogens is 384 g/mol. The number of piperidine rings is 1. The summed E-state index contributed by atoms with van der Waals surface area (Å²) >= 11 is 0. The minimum absolute atomic E-state index is 0.0391. The Labute approximate surface area is 175 Å². The van der Waals surface area contributed by atoms with Crippen LogP contribution in [0.5, 0.6) is 0 Å². The van der Waals surface area contributed by atoms with Crippen LogP contribution >= 0.6 is 0 Å². The van der Waals surface area contributed by atoms with E-state index in [4.69, 9.17) is 5.53 Å². The Kier molecular flexibility index (Phi) is 5.64. The van der Waals surface area contributed by atoms with E-state index < -0.39 is 29.6 Å². The number of amides is 2. The van der Waals surface area contributed by atoms with E-state index in [9.17, 15) is 20.0 Å². The smallest absolute Gasteiger partial charge is 0.408 e. The molecule has 1 saturated carbocycles. The van der Waals surface area contributed by atoms with Crippen molar-refractivity contribution in [2.24, 2.45) is 16.4 Å². The van der Waals surface area contributed by atoms with Gasteiger partial charge in [-0.25, -0.2) is 4.79 Å². The summed E-state index contributed by atoms with van der Waals surface area (Å²) in [5.74, 6) is -0.451. The normalized spacial score (nSPS) is 25.9. The largest absolute Gasteiger partial charge is 0.465 e. The number of fused-ring (bicyclic) bond motifs is 2. The Bertz CT molecular complexity index is 926. The van der Waals surface area contributed by atoms with Gasteiger partial charge in [-0.3, -0.25) is 9.69 Å². The molecule has 1 aliphatic heterocycles. The van der Waals surface area contributed by atoms with Crippen LogP contribution in [0.25, 0.3) is 10.4 Å². The van der Waals surface area contributed by atoms with Crippen molar-refractivity contribution in [3.05, 3.63) is 40.3 Å². The number of rotatable bonds is 5. The topological polar surface area (TPSA) is 142 Å². The van der Waals surface area contributed by atoms with Gasteiger partial charge in [-0.1, -0.05) is 50.2 Å². The predicted molar refractivity (Wildman–Crippen MR) is 110 cm³/mol. The van der Waals surface area contributed by atoms with Crippen LogP contribution in [0.1, 0.15) is 45.6 Å². The van der Waals surface area contributed by atoms with Gasteiger partial charge in [0.05, 0.1) is 11.6 Å². The van der Waals surface area contributed by atoms with Gasteiger partial charge in [-0.15, -0.1) is 0 Å². The molecule has 2 bridgehead atoms. The van der Waals surface area contributed by atoms with Crippen LogP contribution in [0.3, 0.4) is 0 Å². The number of nitrogens with zero attached hydrogens (tertiary/aromatic N) is 5. The first-order valence-corrected chi connectivity index (χ1v) is 9.99. The van der Waals surface area contributed by atoms with Crippen LogP contribution in [-0.2, 0) is 11.2 Å².